The second-order valence-electron chi connectivity index (χ2n) is 6.71. The van der Waals surface area contributed by atoms with Crippen LogP contribution in [0.25, 0.3) is 0 Å². The zero-order chi connectivity index (χ0) is 19.2. The van der Waals surface area contributed by atoms with Crippen LogP contribution in [0.4, 0.5) is 0 Å². The number of ether oxygens (including phenoxy) is 2. The van der Waals surface area contributed by atoms with Gasteiger partial charge in [0, 0.05) is 36.1 Å². The van der Waals surface area contributed by atoms with Gasteiger partial charge in [0.15, 0.2) is 0 Å². The average molecular weight is 417 g/mol. The second kappa shape index (κ2) is 9.81. The van der Waals surface area contributed by atoms with Crippen molar-refractivity contribution < 1.29 is 19.4 Å². The predicted molar refractivity (Wildman–Crippen MR) is 104 cm³/mol. The number of aliphatic hydroxyl groups excluding tert-OH is 1. The van der Waals surface area contributed by atoms with E-state index >= 15 is 0 Å². The first-order valence-corrected chi connectivity index (χ1v) is 11.5. The number of aromatic nitrogens is 2. The Morgan fingerprint density at radius 2 is 2.26 bits per heavy atom. The van der Waals surface area contributed by atoms with E-state index in [0.29, 0.717) is 11.7 Å². The summed E-state index contributed by atoms with van der Waals surface area (Å²) >= 11 is 0. The van der Waals surface area contributed by atoms with Gasteiger partial charge in [0.2, 0.25) is 0 Å². The van der Waals surface area contributed by atoms with Crippen molar-refractivity contribution in [2.45, 2.75) is 62.2 Å². The molecule has 1 aromatic heterocycles. The summed E-state index contributed by atoms with van der Waals surface area (Å²) in [4.78, 5) is 37.0. The molecule has 0 aliphatic carbocycles. The van der Waals surface area contributed by atoms with E-state index in [1.165, 1.54) is 29.0 Å². The van der Waals surface area contributed by atoms with Crippen LogP contribution in [-0.2, 0) is 14.3 Å². The largest absolute Gasteiger partial charge is 0.463 e. The number of unbranched alkanes of at least 4 members (excludes halogenated alkanes) is 1. The number of esters is 1. The lowest BCUT2D eigenvalue weighted by atomic mass is 10.1. The van der Waals surface area contributed by atoms with Crippen molar-refractivity contribution >= 4 is 27.6 Å². The van der Waals surface area contributed by atoms with Crippen LogP contribution in [0, 0.1) is 0 Å². The molecule has 27 heavy (non-hydrogen) atoms. The standard InChI is InChI=1S/C17H24N2O6S2/c20-12-9-15(19-7-5-14(21)18-17(19)23)25-13(12)10-24-16(22)4-2-1-3-11-6-8-26-27-11/h5,7,11-13,15,20H,1-4,6,8-10H2,(H,18,21,23)/t11?,12-,13?,15?/m0/s1. The molecular formula is C17H24N2O6S2. The average Bonchev–Trinajstić information content (AvgIpc) is 3.27. The lowest BCUT2D eigenvalue weighted by Gasteiger charge is -2.16. The molecule has 0 spiro atoms. The number of nitrogens with zero attached hydrogens (tertiary/aromatic N) is 1. The quantitative estimate of drug-likeness (QED) is 0.372. The van der Waals surface area contributed by atoms with E-state index in [-0.39, 0.29) is 19.0 Å². The van der Waals surface area contributed by atoms with Crippen LogP contribution in [0.3, 0.4) is 0 Å². The zero-order valence-electron chi connectivity index (χ0n) is 14.9. The molecule has 3 unspecified atom stereocenters. The fourth-order valence-corrected chi connectivity index (χ4v) is 6.17. The summed E-state index contributed by atoms with van der Waals surface area (Å²) in [6.45, 7) is -0.0519. The Bertz CT molecular complexity index is 745. The van der Waals surface area contributed by atoms with Crippen molar-refractivity contribution in [2.24, 2.45) is 0 Å². The van der Waals surface area contributed by atoms with Gasteiger partial charge in [-0.15, -0.1) is 0 Å². The number of hydrogen-bond acceptors (Lipinski definition) is 8. The fourth-order valence-electron chi connectivity index (χ4n) is 3.14. The second-order valence-corrected chi connectivity index (χ2v) is 9.49. The van der Waals surface area contributed by atoms with Crippen molar-refractivity contribution in [3.63, 3.8) is 0 Å². The van der Waals surface area contributed by atoms with E-state index in [9.17, 15) is 19.5 Å². The van der Waals surface area contributed by atoms with E-state index in [2.05, 4.69) is 4.98 Å². The molecule has 0 saturated carbocycles. The Balaban J connectivity index is 1.38. The van der Waals surface area contributed by atoms with Crippen LogP contribution in [-0.4, -0.2) is 50.4 Å². The molecule has 1 aromatic rings. The van der Waals surface area contributed by atoms with Gasteiger partial charge >= 0.3 is 11.7 Å². The molecule has 3 rings (SSSR count). The van der Waals surface area contributed by atoms with Crippen molar-refractivity contribution in [2.75, 3.05) is 12.4 Å². The molecule has 0 radical (unpaired) electrons. The van der Waals surface area contributed by atoms with E-state index in [4.69, 9.17) is 9.47 Å². The molecule has 10 heteroatoms. The minimum absolute atomic E-state index is 0.0519. The molecule has 2 saturated heterocycles. The van der Waals surface area contributed by atoms with E-state index in [1.807, 2.05) is 21.6 Å². The minimum Gasteiger partial charge on any atom is -0.463 e. The van der Waals surface area contributed by atoms with Crippen molar-refractivity contribution in [3.8, 4) is 0 Å². The Hall–Kier alpha value is -1.23. The molecule has 4 atom stereocenters. The highest BCUT2D eigenvalue weighted by Crippen LogP contribution is 2.39. The highest BCUT2D eigenvalue weighted by Gasteiger charge is 2.36. The van der Waals surface area contributed by atoms with Crippen molar-refractivity contribution in [3.05, 3.63) is 33.1 Å². The number of rotatable bonds is 8. The van der Waals surface area contributed by atoms with Gasteiger partial charge in [-0.1, -0.05) is 28.0 Å². The van der Waals surface area contributed by atoms with E-state index < -0.39 is 29.7 Å². The van der Waals surface area contributed by atoms with Gasteiger partial charge in [-0.25, -0.2) is 4.79 Å². The number of H-pyrrole nitrogens is 1. The molecule has 0 amide bonds. The summed E-state index contributed by atoms with van der Waals surface area (Å²) < 4.78 is 12.1. The monoisotopic (exact) mass is 416 g/mol. The van der Waals surface area contributed by atoms with Crippen LogP contribution < -0.4 is 11.2 Å². The third-order valence-corrected chi connectivity index (χ3v) is 7.67. The maximum atomic E-state index is 11.9. The van der Waals surface area contributed by atoms with Gasteiger partial charge in [-0.3, -0.25) is 19.1 Å². The summed E-state index contributed by atoms with van der Waals surface area (Å²) in [7, 11) is 3.86. The van der Waals surface area contributed by atoms with E-state index in [1.54, 1.807) is 0 Å². The van der Waals surface area contributed by atoms with Crippen LogP contribution in [0.2, 0.25) is 0 Å². The van der Waals surface area contributed by atoms with Crippen LogP contribution in [0.15, 0.2) is 21.9 Å². The topological polar surface area (TPSA) is 111 Å². The SMILES string of the molecule is O=C(CCCCC1CCSS1)OCC1OC(n2ccc(=O)[nH]c2=O)C[C@@H]1O. The molecule has 150 valence electrons. The zero-order valence-corrected chi connectivity index (χ0v) is 16.5. The molecule has 0 bridgehead atoms. The van der Waals surface area contributed by atoms with Crippen molar-refractivity contribution in [1.29, 1.82) is 0 Å². The molecule has 0 aromatic carbocycles. The Kier molecular flexibility index (Phi) is 7.45. The molecule has 2 aliphatic rings. The van der Waals surface area contributed by atoms with E-state index in [0.717, 1.165) is 19.3 Å². The summed E-state index contributed by atoms with van der Waals surface area (Å²) in [5.41, 5.74) is -1.10. The Labute approximate surface area is 164 Å². The lowest BCUT2D eigenvalue weighted by molar-refractivity contribution is -0.150. The first-order chi connectivity index (χ1) is 13.0. The molecule has 3 heterocycles. The van der Waals surface area contributed by atoms with Gasteiger partial charge in [-0.2, -0.15) is 0 Å². The van der Waals surface area contributed by atoms with Gasteiger partial charge in [0.25, 0.3) is 5.56 Å². The summed E-state index contributed by atoms with van der Waals surface area (Å²) in [6.07, 6.45) is 3.81. The first kappa shape index (κ1) is 20.5. The van der Waals surface area contributed by atoms with Gasteiger partial charge < -0.3 is 14.6 Å². The summed E-state index contributed by atoms with van der Waals surface area (Å²) in [5.74, 6) is 0.914. The van der Waals surface area contributed by atoms with Crippen LogP contribution in [0.5, 0.6) is 0 Å². The molecule has 2 N–H and O–H groups in total. The lowest BCUT2D eigenvalue weighted by Crippen LogP contribution is -2.32. The number of aromatic amines is 1. The molecular weight excluding hydrogens is 392 g/mol. The fraction of sp³-hybridized carbons (Fsp3) is 0.706. The highest BCUT2D eigenvalue weighted by atomic mass is 33.1. The molecule has 2 fully saturated rings. The van der Waals surface area contributed by atoms with Crippen molar-refractivity contribution in [1.82, 2.24) is 9.55 Å². The Morgan fingerprint density at radius 1 is 1.41 bits per heavy atom. The summed E-state index contributed by atoms with van der Waals surface area (Å²) in [5, 5.41) is 10.8. The number of carbonyl (C=O) groups excluding carboxylic acids is 1. The Morgan fingerprint density at radius 3 is 3.00 bits per heavy atom. The minimum atomic E-state index is -0.849. The molecule has 8 nitrogen and oxygen atoms in total. The van der Waals surface area contributed by atoms with Gasteiger partial charge in [0.1, 0.15) is 18.9 Å². The number of hydrogen-bond donors (Lipinski definition) is 2. The predicted octanol–water partition coefficient (Wildman–Crippen LogP) is 1.44. The smallest absolute Gasteiger partial charge is 0.330 e. The normalized spacial score (nSPS) is 27.7. The first-order valence-electron chi connectivity index (χ1n) is 9.12. The third kappa shape index (κ3) is 5.87. The maximum absolute atomic E-state index is 11.9. The number of aliphatic hydroxyl groups is 1. The van der Waals surface area contributed by atoms with Gasteiger partial charge in [0.05, 0.1) is 6.10 Å². The highest BCUT2D eigenvalue weighted by molar-refractivity contribution is 8.77. The third-order valence-electron chi connectivity index (χ3n) is 4.66. The van der Waals surface area contributed by atoms with Gasteiger partial charge in [-0.05, 0) is 19.3 Å². The van der Waals surface area contributed by atoms with Crippen LogP contribution in [0.1, 0.15) is 44.8 Å². The number of nitrogens with one attached hydrogen (secondary N) is 1. The van der Waals surface area contributed by atoms with Crippen LogP contribution >= 0.6 is 21.6 Å². The number of carbonyl (C=O) groups is 1. The summed E-state index contributed by atoms with van der Waals surface area (Å²) in [6, 6.07) is 1.22. The maximum Gasteiger partial charge on any atom is 0.330 e. The molecule has 2 aliphatic heterocycles.